The van der Waals surface area contributed by atoms with Crippen LogP contribution in [-0.2, 0) is 0 Å². The fourth-order valence-corrected chi connectivity index (χ4v) is 3.61. The molecule has 2 rings (SSSR count). The Bertz CT molecular complexity index is 497. The maximum absolute atomic E-state index is 13.5. The summed E-state index contributed by atoms with van der Waals surface area (Å²) >= 11 is 6.43. The first-order valence-electron chi connectivity index (χ1n) is 6.06. The Morgan fingerprint density at radius 1 is 1.14 bits per heavy atom. The lowest BCUT2D eigenvalue weighted by atomic mass is 10.0. The zero-order valence-corrected chi connectivity index (χ0v) is 16.1. The van der Waals surface area contributed by atoms with Crippen LogP contribution in [0.4, 0.5) is 18.9 Å². The number of hydrogen-bond acceptors (Lipinski definition) is 3. The summed E-state index contributed by atoms with van der Waals surface area (Å²) in [4.78, 5) is 1.42. The smallest absolute Gasteiger partial charge is 0.398 e. The summed E-state index contributed by atoms with van der Waals surface area (Å²) in [6.07, 6.45) is -4.37. The molecule has 1 aliphatic heterocycles. The van der Waals surface area contributed by atoms with Gasteiger partial charge in [-0.05, 0) is 28.1 Å². The van der Waals surface area contributed by atoms with Gasteiger partial charge >= 0.3 is 6.18 Å². The lowest BCUT2D eigenvalue weighted by molar-refractivity contribution is -0.187. The SMILES string of the molecule is Cl.Cl.Nc1c(Br)cc(Br)cc1[C@@H](N1CCNCC1)C(F)(F)F. The number of piperazine rings is 1. The molecular formula is C12H16Br2Cl2F3N3. The first kappa shape index (κ1) is 22.3. The normalized spacial score (nSPS) is 17.3. The van der Waals surface area contributed by atoms with Crippen molar-refractivity contribution in [2.45, 2.75) is 12.2 Å². The molecule has 1 aliphatic rings. The summed E-state index contributed by atoms with van der Waals surface area (Å²) < 4.78 is 41.5. The average Bonchev–Trinajstić information content (AvgIpc) is 2.35. The Balaban J connectivity index is 0.00000220. The van der Waals surface area contributed by atoms with E-state index in [2.05, 4.69) is 37.2 Å². The summed E-state index contributed by atoms with van der Waals surface area (Å²) in [7, 11) is 0. The molecule has 1 heterocycles. The Kier molecular flexibility index (Phi) is 9.05. The van der Waals surface area contributed by atoms with E-state index in [9.17, 15) is 13.2 Å². The van der Waals surface area contributed by atoms with Crippen molar-refractivity contribution in [3.05, 3.63) is 26.6 Å². The number of nitrogens with one attached hydrogen (secondary N) is 1. The standard InChI is InChI=1S/C12H14Br2F3N3.2ClH/c13-7-5-8(10(18)9(14)6-7)11(12(15,16)17)20-3-1-19-2-4-20;;/h5-6,11,19H,1-4,18H2;2*1H/t11-;;/m1../s1. The van der Waals surface area contributed by atoms with E-state index in [1.807, 2.05) is 0 Å². The van der Waals surface area contributed by atoms with E-state index in [1.165, 1.54) is 11.0 Å². The second-order valence-electron chi connectivity index (χ2n) is 4.62. The third-order valence-electron chi connectivity index (χ3n) is 3.25. The number of nitrogens with two attached hydrogens (primary N) is 1. The minimum atomic E-state index is -4.37. The van der Waals surface area contributed by atoms with Crippen LogP contribution in [-0.4, -0.2) is 37.3 Å². The van der Waals surface area contributed by atoms with Gasteiger partial charge in [-0.2, -0.15) is 13.2 Å². The van der Waals surface area contributed by atoms with Crippen molar-refractivity contribution in [1.82, 2.24) is 10.2 Å². The molecule has 1 saturated heterocycles. The first-order chi connectivity index (χ1) is 9.30. The van der Waals surface area contributed by atoms with Crippen molar-refractivity contribution in [2.24, 2.45) is 0 Å². The monoisotopic (exact) mass is 487 g/mol. The van der Waals surface area contributed by atoms with Crippen LogP contribution >= 0.6 is 56.7 Å². The summed E-state index contributed by atoms with van der Waals surface area (Å²) in [5.41, 5.74) is 6.06. The van der Waals surface area contributed by atoms with Gasteiger partial charge < -0.3 is 11.1 Å². The van der Waals surface area contributed by atoms with Crippen molar-refractivity contribution in [2.75, 3.05) is 31.9 Å². The molecule has 3 nitrogen and oxygen atoms in total. The van der Waals surface area contributed by atoms with Gasteiger partial charge in [0.2, 0.25) is 0 Å². The Labute approximate surface area is 156 Å². The molecule has 0 aromatic heterocycles. The van der Waals surface area contributed by atoms with E-state index in [1.54, 1.807) is 6.07 Å². The van der Waals surface area contributed by atoms with Crippen molar-refractivity contribution < 1.29 is 13.2 Å². The molecular weight excluding hydrogens is 474 g/mol. The maximum Gasteiger partial charge on any atom is 0.408 e. The van der Waals surface area contributed by atoms with Gasteiger partial charge in [-0.25, -0.2) is 0 Å². The van der Waals surface area contributed by atoms with Crippen molar-refractivity contribution in [3.63, 3.8) is 0 Å². The lowest BCUT2D eigenvalue weighted by Crippen LogP contribution is -2.49. The highest BCUT2D eigenvalue weighted by molar-refractivity contribution is 9.11. The maximum atomic E-state index is 13.5. The van der Waals surface area contributed by atoms with Gasteiger partial charge in [-0.3, -0.25) is 4.90 Å². The minimum Gasteiger partial charge on any atom is -0.398 e. The van der Waals surface area contributed by atoms with Gasteiger partial charge in [0.1, 0.15) is 6.04 Å². The van der Waals surface area contributed by atoms with Crippen molar-refractivity contribution in [1.29, 1.82) is 0 Å². The number of anilines is 1. The number of nitrogens with zero attached hydrogens (tertiary/aromatic N) is 1. The van der Waals surface area contributed by atoms with Crippen LogP contribution in [0.3, 0.4) is 0 Å². The summed E-state index contributed by atoms with van der Waals surface area (Å²) in [6.45, 7) is 1.77. The zero-order chi connectivity index (χ0) is 14.9. The van der Waals surface area contributed by atoms with Gasteiger partial charge in [-0.1, -0.05) is 15.9 Å². The molecule has 0 bridgehead atoms. The van der Waals surface area contributed by atoms with Gasteiger partial charge in [0, 0.05) is 40.7 Å². The molecule has 0 unspecified atom stereocenters. The van der Waals surface area contributed by atoms with Crippen LogP contribution in [0.1, 0.15) is 11.6 Å². The molecule has 1 aromatic carbocycles. The fourth-order valence-electron chi connectivity index (χ4n) is 2.35. The molecule has 3 N–H and O–H groups in total. The predicted octanol–water partition coefficient (Wildman–Crippen LogP) is 4.15. The number of benzene rings is 1. The second kappa shape index (κ2) is 8.94. The number of halogens is 7. The Morgan fingerprint density at radius 3 is 2.18 bits per heavy atom. The minimum absolute atomic E-state index is 0. The molecule has 1 fully saturated rings. The third kappa shape index (κ3) is 5.14. The Hall–Kier alpha value is 0.270. The number of alkyl halides is 3. The average molecular weight is 490 g/mol. The molecule has 0 spiro atoms. The highest BCUT2D eigenvalue weighted by Gasteiger charge is 2.46. The topological polar surface area (TPSA) is 41.3 Å². The van der Waals surface area contributed by atoms with E-state index in [-0.39, 0.29) is 36.1 Å². The van der Waals surface area contributed by atoms with Gasteiger partial charge in [0.25, 0.3) is 0 Å². The van der Waals surface area contributed by atoms with Gasteiger partial charge in [0.15, 0.2) is 0 Å². The number of nitrogen functional groups attached to an aromatic ring is 1. The van der Waals surface area contributed by atoms with Crippen LogP contribution in [0, 0.1) is 0 Å². The summed E-state index contributed by atoms with van der Waals surface area (Å²) in [5.74, 6) is 0. The third-order valence-corrected chi connectivity index (χ3v) is 4.36. The van der Waals surface area contributed by atoms with Gasteiger partial charge in [-0.15, -0.1) is 24.8 Å². The van der Waals surface area contributed by atoms with Gasteiger partial charge in [0.05, 0.1) is 5.69 Å². The molecule has 0 radical (unpaired) electrons. The van der Waals surface area contributed by atoms with Crippen molar-refractivity contribution >= 4 is 62.4 Å². The lowest BCUT2D eigenvalue weighted by Gasteiger charge is -2.36. The molecule has 1 atom stereocenters. The second-order valence-corrected chi connectivity index (χ2v) is 6.39. The Morgan fingerprint density at radius 2 is 1.68 bits per heavy atom. The molecule has 22 heavy (non-hydrogen) atoms. The highest BCUT2D eigenvalue weighted by Crippen LogP contribution is 2.43. The van der Waals surface area contributed by atoms with E-state index >= 15 is 0 Å². The summed E-state index contributed by atoms with van der Waals surface area (Å²) in [5, 5.41) is 3.05. The molecule has 10 heteroatoms. The first-order valence-corrected chi connectivity index (χ1v) is 7.65. The largest absolute Gasteiger partial charge is 0.408 e. The highest BCUT2D eigenvalue weighted by atomic mass is 79.9. The zero-order valence-electron chi connectivity index (χ0n) is 11.3. The van der Waals surface area contributed by atoms with Crippen LogP contribution in [0.2, 0.25) is 0 Å². The number of hydrogen-bond donors (Lipinski definition) is 2. The quantitative estimate of drug-likeness (QED) is 0.613. The molecule has 1 aromatic rings. The van der Waals surface area contributed by atoms with E-state index < -0.39 is 12.2 Å². The van der Waals surface area contributed by atoms with Crippen molar-refractivity contribution in [3.8, 4) is 0 Å². The molecule has 0 aliphatic carbocycles. The van der Waals surface area contributed by atoms with Crippen LogP contribution in [0.5, 0.6) is 0 Å². The summed E-state index contributed by atoms with van der Waals surface area (Å²) in [6, 6.07) is 1.41. The molecule has 128 valence electrons. The predicted molar refractivity (Wildman–Crippen MR) is 94.0 cm³/mol. The fraction of sp³-hybridized carbons (Fsp3) is 0.500. The number of rotatable bonds is 2. The molecule has 0 saturated carbocycles. The van der Waals surface area contributed by atoms with E-state index in [0.717, 1.165) is 0 Å². The van der Waals surface area contributed by atoms with Crippen LogP contribution in [0.15, 0.2) is 21.1 Å². The molecule has 0 amide bonds. The van der Waals surface area contributed by atoms with E-state index in [0.29, 0.717) is 35.1 Å². The van der Waals surface area contributed by atoms with E-state index in [4.69, 9.17) is 5.73 Å². The van der Waals surface area contributed by atoms with Crippen LogP contribution in [0.25, 0.3) is 0 Å². The van der Waals surface area contributed by atoms with Crippen LogP contribution < -0.4 is 11.1 Å².